The zero-order valence-electron chi connectivity index (χ0n) is 14.3. The number of carbonyl (C=O) groups is 2. The van der Waals surface area contributed by atoms with Gasteiger partial charge in [0.15, 0.2) is 6.61 Å². The molecule has 1 amide bonds. The van der Waals surface area contributed by atoms with Crippen LogP contribution in [0.1, 0.15) is 26.3 Å². The van der Waals surface area contributed by atoms with E-state index in [9.17, 15) is 22.8 Å². The molecule has 0 spiro atoms. The van der Waals surface area contributed by atoms with Gasteiger partial charge in [-0.25, -0.2) is 4.79 Å². The van der Waals surface area contributed by atoms with Crippen LogP contribution in [0.4, 0.5) is 23.7 Å². The molecule has 0 aliphatic rings. The van der Waals surface area contributed by atoms with Crippen LogP contribution in [-0.4, -0.2) is 37.6 Å². The van der Waals surface area contributed by atoms with E-state index in [1.807, 2.05) is 0 Å². The van der Waals surface area contributed by atoms with E-state index in [4.69, 9.17) is 9.47 Å². The van der Waals surface area contributed by atoms with E-state index >= 15 is 0 Å². The number of rotatable bonds is 5. The second kappa shape index (κ2) is 8.09. The number of methoxy groups -OCH3 is 1. The van der Waals surface area contributed by atoms with Gasteiger partial charge in [-0.05, 0) is 26.8 Å². The van der Waals surface area contributed by atoms with Crippen LogP contribution in [0.2, 0.25) is 0 Å². The largest absolute Gasteiger partial charge is 0.484 e. The molecule has 0 aromatic heterocycles. The molecule has 0 saturated heterocycles. The van der Waals surface area contributed by atoms with Crippen molar-refractivity contribution in [2.24, 2.45) is 0 Å². The van der Waals surface area contributed by atoms with Crippen LogP contribution in [0.3, 0.4) is 0 Å². The molecule has 0 fully saturated rings. The first-order valence-electron chi connectivity index (χ1n) is 7.29. The van der Waals surface area contributed by atoms with Gasteiger partial charge in [0, 0.05) is 17.3 Å². The number of benzene rings is 1. The van der Waals surface area contributed by atoms with Crippen molar-refractivity contribution in [3.63, 3.8) is 0 Å². The van der Waals surface area contributed by atoms with Crippen molar-refractivity contribution < 1.29 is 37.0 Å². The van der Waals surface area contributed by atoms with Crippen molar-refractivity contribution in [1.82, 2.24) is 0 Å². The van der Waals surface area contributed by atoms with Crippen LogP contribution in [-0.2, 0) is 20.7 Å². The monoisotopic (exact) mass is 363 g/mol. The Balaban J connectivity index is 2.97. The van der Waals surface area contributed by atoms with Gasteiger partial charge >= 0.3 is 18.2 Å². The predicted molar refractivity (Wildman–Crippen MR) is 83.6 cm³/mol. The molecule has 140 valence electrons. The highest BCUT2D eigenvalue weighted by atomic mass is 19.4. The van der Waals surface area contributed by atoms with Crippen LogP contribution in [0.25, 0.3) is 0 Å². The maximum Gasteiger partial charge on any atom is 0.422 e. The van der Waals surface area contributed by atoms with E-state index < -0.39 is 30.4 Å². The summed E-state index contributed by atoms with van der Waals surface area (Å²) in [6, 6.07) is 3.98. The Morgan fingerprint density at radius 2 is 1.80 bits per heavy atom. The fourth-order valence-corrected chi connectivity index (χ4v) is 1.72. The summed E-state index contributed by atoms with van der Waals surface area (Å²) in [7, 11) is 1.16. The number of hydrogen-bond donors (Lipinski definition) is 1. The highest BCUT2D eigenvalue weighted by Gasteiger charge is 2.29. The smallest absolute Gasteiger partial charge is 0.422 e. The quantitative estimate of drug-likeness (QED) is 0.808. The second-order valence-electron chi connectivity index (χ2n) is 6.11. The van der Waals surface area contributed by atoms with E-state index in [0.717, 1.165) is 7.11 Å². The van der Waals surface area contributed by atoms with Crippen molar-refractivity contribution in [1.29, 1.82) is 0 Å². The minimum absolute atomic E-state index is 0.167. The molecule has 1 N–H and O–H groups in total. The summed E-state index contributed by atoms with van der Waals surface area (Å²) in [5, 5.41) is 2.39. The van der Waals surface area contributed by atoms with Crippen molar-refractivity contribution in [2.75, 3.05) is 19.0 Å². The molecule has 9 heteroatoms. The van der Waals surface area contributed by atoms with Crippen molar-refractivity contribution in [2.45, 2.75) is 39.0 Å². The molecule has 0 heterocycles. The molecule has 25 heavy (non-hydrogen) atoms. The van der Waals surface area contributed by atoms with Gasteiger partial charge in [-0.3, -0.25) is 10.1 Å². The van der Waals surface area contributed by atoms with Crippen LogP contribution >= 0.6 is 0 Å². The van der Waals surface area contributed by atoms with Gasteiger partial charge in [0.05, 0.1) is 13.5 Å². The summed E-state index contributed by atoms with van der Waals surface area (Å²) < 4.78 is 51.5. The Morgan fingerprint density at radius 3 is 2.32 bits per heavy atom. The number of anilines is 1. The van der Waals surface area contributed by atoms with Gasteiger partial charge < -0.3 is 14.2 Å². The van der Waals surface area contributed by atoms with Crippen LogP contribution in [0.15, 0.2) is 18.2 Å². The van der Waals surface area contributed by atoms with Crippen molar-refractivity contribution >= 4 is 17.7 Å². The Morgan fingerprint density at radius 1 is 1.16 bits per heavy atom. The fourth-order valence-electron chi connectivity index (χ4n) is 1.72. The SMILES string of the molecule is COC(=O)Cc1ccc(NC(=O)OC(C)(C)C)cc1OCC(F)(F)F. The lowest BCUT2D eigenvalue weighted by Crippen LogP contribution is -2.27. The first-order valence-corrected chi connectivity index (χ1v) is 7.29. The molecule has 0 bridgehead atoms. The number of esters is 1. The molecule has 1 aromatic carbocycles. The minimum Gasteiger partial charge on any atom is -0.484 e. The Bertz CT molecular complexity index is 623. The molecule has 0 unspecified atom stereocenters. The molecule has 0 atom stereocenters. The summed E-state index contributed by atoms with van der Waals surface area (Å²) in [5.41, 5.74) is -0.365. The Kier molecular flexibility index (Phi) is 6.66. The maximum atomic E-state index is 12.4. The molecule has 0 aliphatic carbocycles. The summed E-state index contributed by atoms with van der Waals surface area (Å²) in [6.45, 7) is 3.48. The summed E-state index contributed by atoms with van der Waals surface area (Å²) in [5.74, 6) is -0.819. The number of halogens is 3. The molecule has 6 nitrogen and oxygen atoms in total. The zero-order chi connectivity index (χ0) is 19.3. The van der Waals surface area contributed by atoms with Crippen molar-refractivity contribution in [3.05, 3.63) is 23.8 Å². The predicted octanol–water partition coefficient (Wildman–Crippen LogP) is 3.69. The molecular weight excluding hydrogens is 343 g/mol. The van der Waals surface area contributed by atoms with E-state index in [1.54, 1.807) is 20.8 Å². The maximum absolute atomic E-state index is 12.4. The topological polar surface area (TPSA) is 73.9 Å². The Hall–Kier alpha value is -2.45. The van der Waals surface area contributed by atoms with E-state index in [-0.39, 0.29) is 23.4 Å². The average molecular weight is 363 g/mol. The van der Waals surface area contributed by atoms with Gasteiger partial charge in [0.1, 0.15) is 11.4 Å². The number of hydrogen-bond acceptors (Lipinski definition) is 5. The second-order valence-corrected chi connectivity index (χ2v) is 6.11. The molecule has 1 aromatic rings. The summed E-state index contributed by atoms with van der Waals surface area (Å²) in [4.78, 5) is 23.1. The number of ether oxygens (including phenoxy) is 3. The fraction of sp³-hybridized carbons (Fsp3) is 0.500. The summed E-state index contributed by atoms with van der Waals surface area (Å²) in [6.07, 6.45) is -5.58. The summed E-state index contributed by atoms with van der Waals surface area (Å²) >= 11 is 0. The van der Waals surface area contributed by atoms with Crippen LogP contribution in [0, 0.1) is 0 Å². The molecule has 1 rings (SSSR count). The van der Waals surface area contributed by atoms with E-state index in [0.29, 0.717) is 0 Å². The molecular formula is C16H20F3NO5. The third-order valence-corrected chi connectivity index (χ3v) is 2.67. The van der Waals surface area contributed by atoms with Crippen LogP contribution < -0.4 is 10.1 Å². The first kappa shape index (κ1) is 20.6. The lowest BCUT2D eigenvalue weighted by molar-refractivity contribution is -0.153. The molecule has 0 saturated carbocycles. The number of amides is 1. The number of carbonyl (C=O) groups excluding carboxylic acids is 2. The van der Waals surface area contributed by atoms with Gasteiger partial charge in [-0.15, -0.1) is 0 Å². The molecule has 0 radical (unpaired) electrons. The average Bonchev–Trinajstić information content (AvgIpc) is 2.44. The van der Waals surface area contributed by atoms with Crippen LogP contribution in [0.5, 0.6) is 5.75 Å². The highest BCUT2D eigenvalue weighted by Crippen LogP contribution is 2.27. The zero-order valence-corrected chi connectivity index (χ0v) is 14.3. The highest BCUT2D eigenvalue weighted by molar-refractivity contribution is 5.85. The van der Waals surface area contributed by atoms with Gasteiger partial charge in [-0.1, -0.05) is 6.07 Å². The normalized spacial score (nSPS) is 11.6. The van der Waals surface area contributed by atoms with Crippen molar-refractivity contribution in [3.8, 4) is 5.75 Å². The van der Waals surface area contributed by atoms with E-state index in [2.05, 4.69) is 10.1 Å². The first-order chi connectivity index (χ1) is 11.4. The van der Waals surface area contributed by atoms with E-state index in [1.165, 1.54) is 18.2 Å². The molecule has 0 aliphatic heterocycles. The minimum atomic E-state index is -4.54. The third kappa shape index (κ3) is 8.27. The lowest BCUT2D eigenvalue weighted by atomic mass is 10.1. The standard InChI is InChI=1S/C16H20F3NO5/c1-15(2,3)25-14(22)20-11-6-5-10(7-13(21)23-4)12(8-11)24-9-16(17,18)19/h5-6,8H,7,9H2,1-4H3,(H,20,22). The van der Waals surface area contributed by atoms with Gasteiger partial charge in [0.25, 0.3) is 0 Å². The number of alkyl halides is 3. The third-order valence-electron chi connectivity index (χ3n) is 2.67. The van der Waals surface area contributed by atoms with Gasteiger partial charge in [0.2, 0.25) is 0 Å². The Labute approximate surface area is 143 Å². The lowest BCUT2D eigenvalue weighted by Gasteiger charge is -2.20. The van der Waals surface area contributed by atoms with Gasteiger partial charge in [-0.2, -0.15) is 13.2 Å². The number of nitrogens with one attached hydrogen (secondary N) is 1.